The van der Waals surface area contributed by atoms with Crippen molar-refractivity contribution in [2.75, 3.05) is 44.3 Å². The summed E-state index contributed by atoms with van der Waals surface area (Å²) < 4.78 is 46.8. The molecule has 3 aliphatic heterocycles. The molecule has 186 valence electrons. The summed E-state index contributed by atoms with van der Waals surface area (Å²) in [6, 6.07) is 5.18. The molecule has 2 atom stereocenters. The molecule has 3 aliphatic rings. The number of hydrogen-bond donors (Lipinski definition) is 2. The van der Waals surface area contributed by atoms with Gasteiger partial charge in [0.1, 0.15) is 17.2 Å². The summed E-state index contributed by atoms with van der Waals surface area (Å²) in [6.07, 6.45) is -0.216. The highest BCUT2D eigenvalue weighted by Gasteiger charge is 2.44. The zero-order valence-electron chi connectivity index (χ0n) is 19.2. The molecule has 0 radical (unpaired) electrons. The highest BCUT2D eigenvalue weighted by Crippen LogP contribution is 2.33. The number of imidazole rings is 1. The van der Waals surface area contributed by atoms with Crippen LogP contribution in [0.5, 0.6) is 0 Å². The average Bonchev–Trinajstić information content (AvgIpc) is 3.47. The number of anilines is 1. The van der Waals surface area contributed by atoms with E-state index in [1.165, 1.54) is 16.7 Å². The monoisotopic (exact) mass is 488 g/mol. The van der Waals surface area contributed by atoms with Crippen LogP contribution in [0, 0.1) is 5.92 Å². The van der Waals surface area contributed by atoms with Gasteiger partial charge in [0.05, 0.1) is 31.0 Å². The quantitative estimate of drug-likeness (QED) is 0.576. The zero-order valence-corrected chi connectivity index (χ0v) is 19.2. The molecule has 0 amide bonds. The van der Waals surface area contributed by atoms with Crippen molar-refractivity contribution in [3.05, 3.63) is 42.4 Å². The van der Waals surface area contributed by atoms with E-state index in [0.29, 0.717) is 35.2 Å². The predicted octanol–water partition coefficient (Wildman–Crippen LogP) is 1.81. The lowest BCUT2D eigenvalue weighted by Gasteiger charge is -2.53. The van der Waals surface area contributed by atoms with Gasteiger partial charge in [-0.25, -0.2) is 15.0 Å². The lowest BCUT2D eigenvalue weighted by molar-refractivity contribution is -0.137. The zero-order chi connectivity index (χ0) is 24.2. The van der Waals surface area contributed by atoms with Crippen molar-refractivity contribution in [1.29, 1.82) is 0 Å². The summed E-state index contributed by atoms with van der Waals surface area (Å²) in [5, 5.41) is 0. The summed E-state index contributed by atoms with van der Waals surface area (Å²) >= 11 is 0. The van der Waals surface area contributed by atoms with Gasteiger partial charge in [-0.3, -0.25) is 20.2 Å². The van der Waals surface area contributed by atoms with Crippen LogP contribution in [0.15, 0.2) is 36.8 Å². The number of piperazine rings is 1. The largest absolute Gasteiger partial charge is 0.417 e. The van der Waals surface area contributed by atoms with Gasteiger partial charge in [0.2, 0.25) is 0 Å². The predicted molar refractivity (Wildman–Crippen MR) is 123 cm³/mol. The molecule has 3 aromatic rings. The Balaban J connectivity index is 1.32. The Morgan fingerprint density at radius 1 is 1.06 bits per heavy atom. The Labute approximate surface area is 200 Å². The molecule has 12 heteroatoms. The van der Waals surface area contributed by atoms with E-state index in [9.17, 15) is 13.2 Å². The fourth-order valence-electron chi connectivity index (χ4n) is 5.53. The first-order valence-electron chi connectivity index (χ1n) is 11.8. The van der Waals surface area contributed by atoms with Gasteiger partial charge in [-0.15, -0.1) is 0 Å². The Bertz CT molecular complexity index is 1210. The average molecular weight is 489 g/mol. The van der Waals surface area contributed by atoms with Gasteiger partial charge in [0.15, 0.2) is 5.82 Å². The minimum Gasteiger partial charge on any atom is -0.378 e. The van der Waals surface area contributed by atoms with E-state index in [1.807, 2.05) is 6.07 Å². The Morgan fingerprint density at radius 3 is 2.57 bits per heavy atom. The summed E-state index contributed by atoms with van der Waals surface area (Å²) in [4.78, 5) is 18.3. The molecule has 9 nitrogen and oxygen atoms in total. The smallest absolute Gasteiger partial charge is 0.378 e. The molecule has 3 aromatic heterocycles. The van der Waals surface area contributed by atoms with Crippen molar-refractivity contribution in [3.63, 3.8) is 0 Å². The van der Waals surface area contributed by atoms with Crippen LogP contribution in [0.3, 0.4) is 0 Å². The first-order chi connectivity index (χ1) is 16.9. The molecule has 0 spiro atoms. The summed E-state index contributed by atoms with van der Waals surface area (Å²) in [7, 11) is 0. The second-order valence-electron chi connectivity index (χ2n) is 9.40. The van der Waals surface area contributed by atoms with Gasteiger partial charge in [-0.2, -0.15) is 13.2 Å². The van der Waals surface area contributed by atoms with Gasteiger partial charge >= 0.3 is 6.18 Å². The van der Waals surface area contributed by atoms with E-state index >= 15 is 0 Å². The van der Waals surface area contributed by atoms with Crippen molar-refractivity contribution in [2.24, 2.45) is 5.92 Å². The number of alkyl halides is 3. The fraction of sp³-hybridized carbons (Fsp3) is 0.522. The highest BCUT2D eigenvalue weighted by molar-refractivity contribution is 5.59. The van der Waals surface area contributed by atoms with Crippen molar-refractivity contribution in [1.82, 2.24) is 35.1 Å². The molecule has 0 aliphatic carbocycles. The molecule has 0 aromatic carbocycles. The van der Waals surface area contributed by atoms with Crippen LogP contribution < -0.4 is 15.8 Å². The van der Waals surface area contributed by atoms with Gasteiger partial charge in [0.25, 0.3) is 0 Å². The lowest BCUT2D eigenvalue weighted by Crippen LogP contribution is -2.67. The van der Waals surface area contributed by atoms with Gasteiger partial charge in [-0.05, 0) is 25.1 Å². The van der Waals surface area contributed by atoms with E-state index in [-0.39, 0.29) is 6.04 Å². The summed E-state index contributed by atoms with van der Waals surface area (Å²) in [5.41, 5.74) is 6.61. The topological polar surface area (TPSA) is 82.9 Å². The van der Waals surface area contributed by atoms with Crippen LogP contribution in [-0.4, -0.2) is 81.8 Å². The van der Waals surface area contributed by atoms with E-state index in [4.69, 9.17) is 9.72 Å². The van der Waals surface area contributed by atoms with E-state index < -0.39 is 11.7 Å². The number of fused-ring (bicyclic) bond motifs is 1. The molecule has 35 heavy (non-hydrogen) atoms. The van der Waals surface area contributed by atoms with Crippen LogP contribution in [0.4, 0.5) is 19.0 Å². The molecule has 6 rings (SSSR count). The number of pyridine rings is 1. The van der Waals surface area contributed by atoms with E-state index in [2.05, 4.69) is 37.5 Å². The second-order valence-corrected chi connectivity index (χ2v) is 9.40. The molecule has 0 saturated carbocycles. The third-order valence-corrected chi connectivity index (χ3v) is 7.39. The molecular weight excluding hydrogens is 461 g/mol. The first-order valence-corrected chi connectivity index (χ1v) is 11.8. The van der Waals surface area contributed by atoms with Crippen molar-refractivity contribution in [2.45, 2.75) is 31.2 Å². The molecule has 0 unspecified atom stereocenters. The first kappa shape index (κ1) is 22.7. The van der Waals surface area contributed by atoms with Crippen molar-refractivity contribution >= 4 is 11.5 Å². The lowest BCUT2D eigenvalue weighted by atomic mass is 9.88. The minimum absolute atomic E-state index is 0.179. The van der Waals surface area contributed by atoms with E-state index in [0.717, 1.165) is 57.5 Å². The maximum Gasteiger partial charge on any atom is 0.417 e. The molecule has 6 heterocycles. The van der Waals surface area contributed by atoms with Crippen LogP contribution in [0.2, 0.25) is 0 Å². The highest BCUT2D eigenvalue weighted by atomic mass is 19.4. The normalized spacial score (nSPS) is 24.9. The van der Waals surface area contributed by atoms with Crippen molar-refractivity contribution < 1.29 is 17.9 Å². The number of hydrogen-bond acceptors (Lipinski definition) is 8. The number of nitrogens with zero attached hydrogens (tertiary/aromatic N) is 6. The van der Waals surface area contributed by atoms with Crippen molar-refractivity contribution in [3.8, 4) is 11.5 Å². The molecule has 2 N–H and O–H groups in total. The molecular formula is C23H27F3N8O. The SMILES string of the molecule is C[C@@H]1[C@H](C2CNNC2)N(C2COC2)CCN1c1ccnc(-c2cnc3ccc(C(F)(F)F)cn23)n1. The number of halogens is 3. The maximum absolute atomic E-state index is 13.3. The Kier molecular flexibility index (Phi) is 5.63. The third-order valence-electron chi connectivity index (χ3n) is 7.39. The minimum atomic E-state index is -4.45. The van der Waals surface area contributed by atoms with Crippen LogP contribution in [-0.2, 0) is 10.9 Å². The van der Waals surface area contributed by atoms with Gasteiger partial charge in [0, 0.05) is 56.6 Å². The summed E-state index contributed by atoms with van der Waals surface area (Å²) in [5.74, 6) is 1.55. The number of rotatable bonds is 4. The fourth-order valence-corrected chi connectivity index (χ4v) is 5.53. The van der Waals surface area contributed by atoms with Gasteiger partial charge in [-0.1, -0.05) is 0 Å². The second kappa shape index (κ2) is 8.70. The molecule has 3 fully saturated rings. The van der Waals surface area contributed by atoms with Crippen LogP contribution >= 0.6 is 0 Å². The number of nitrogens with one attached hydrogen (secondary N) is 2. The number of ether oxygens (including phenoxy) is 1. The maximum atomic E-state index is 13.3. The molecule has 3 saturated heterocycles. The Hall–Kier alpha value is -2.80. The van der Waals surface area contributed by atoms with Crippen LogP contribution in [0.25, 0.3) is 17.2 Å². The number of aromatic nitrogens is 4. The standard InChI is InChI=1S/C23H27F3N8O/c1-14-21(15-8-29-30-9-15)33(17-12-35-13-17)7-6-32(14)20-4-5-27-22(31-20)18-10-28-19-3-2-16(11-34(18)19)23(24,25)26/h2-5,10-11,14-15,17,21,29-30H,6-9,12-13H2,1H3/t14-,21-/m1/s1. The van der Waals surface area contributed by atoms with Crippen LogP contribution in [0.1, 0.15) is 12.5 Å². The Morgan fingerprint density at radius 2 is 1.86 bits per heavy atom. The molecule has 0 bridgehead atoms. The van der Waals surface area contributed by atoms with Gasteiger partial charge < -0.3 is 9.64 Å². The summed E-state index contributed by atoms with van der Waals surface area (Å²) in [6.45, 7) is 7.23. The van der Waals surface area contributed by atoms with E-state index in [1.54, 1.807) is 6.20 Å². The third kappa shape index (κ3) is 4.03. The number of hydrazine groups is 1.